The van der Waals surface area contributed by atoms with Crippen LogP contribution in [0, 0.1) is 0 Å². The molecule has 0 aromatic carbocycles. The fourth-order valence-electron chi connectivity index (χ4n) is 3.38. The van der Waals surface area contributed by atoms with Crippen molar-refractivity contribution in [3.8, 4) is 0 Å². The standard InChI is InChI=1S/C16H25N5O3/c1-3-24-16(23)20-5-4-14(10-20)19-6-7-21-15(11-19)8-13(18-21)9-17-12(2)22/h8,14H,3-7,9-11H2,1-2H3,(H,17,22)/t14-/m1/s1. The smallest absolute Gasteiger partial charge is 0.409 e. The lowest BCUT2D eigenvalue weighted by atomic mass is 10.2. The predicted octanol–water partition coefficient (Wildman–Crippen LogP) is 0.566. The van der Waals surface area contributed by atoms with Crippen LogP contribution in [0.2, 0.25) is 0 Å². The molecule has 1 aromatic heterocycles. The minimum atomic E-state index is -0.209. The van der Waals surface area contributed by atoms with Crippen molar-refractivity contribution in [1.29, 1.82) is 0 Å². The summed E-state index contributed by atoms with van der Waals surface area (Å²) in [6, 6.07) is 2.43. The van der Waals surface area contributed by atoms with Gasteiger partial charge in [-0.2, -0.15) is 5.10 Å². The molecule has 1 N–H and O–H groups in total. The quantitative estimate of drug-likeness (QED) is 0.870. The predicted molar refractivity (Wildman–Crippen MR) is 87.2 cm³/mol. The minimum absolute atomic E-state index is 0.0485. The van der Waals surface area contributed by atoms with Gasteiger partial charge in [0.25, 0.3) is 0 Å². The van der Waals surface area contributed by atoms with Crippen molar-refractivity contribution in [2.75, 3.05) is 26.2 Å². The summed E-state index contributed by atoms with van der Waals surface area (Å²) in [5.41, 5.74) is 2.05. The third-order valence-corrected chi connectivity index (χ3v) is 4.60. The number of likely N-dealkylation sites (tertiary alicyclic amines) is 1. The Morgan fingerprint density at radius 1 is 1.38 bits per heavy atom. The lowest BCUT2D eigenvalue weighted by Crippen LogP contribution is -2.43. The molecule has 1 saturated heterocycles. The topological polar surface area (TPSA) is 79.7 Å². The van der Waals surface area contributed by atoms with E-state index in [0.717, 1.165) is 50.5 Å². The van der Waals surface area contributed by atoms with Gasteiger partial charge in [-0.15, -0.1) is 0 Å². The number of carbonyl (C=O) groups excluding carboxylic acids is 2. The van der Waals surface area contributed by atoms with Gasteiger partial charge in [-0.25, -0.2) is 4.79 Å². The summed E-state index contributed by atoms with van der Waals surface area (Å²) in [6.45, 7) is 8.30. The molecule has 2 amide bonds. The molecular weight excluding hydrogens is 310 g/mol. The highest BCUT2D eigenvalue weighted by Gasteiger charge is 2.33. The number of aromatic nitrogens is 2. The first-order valence-corrected chi connectivity index (χ1v) is 8.52. The molecule has 0 unspecified atom stereocenters. The first-order valence-electron chi connectivity index (χ1n) is 8.52. The molecular formula is C16H25N5O3. The third-order valence-electron chi connectivity index (χ3n) is 4.60. The summed E-state index contributed by atoms with van der Waals surface area (Å²) in [7, 11) is 0. The van der Waals surface area contributed by atoms with E-state index >= 15 is 0 Å². The van der Waals surface area contributed by atoms with Gasteiger partial charge in [0.15, 0.2) is 0 Å². The molecule has 2 aliphatic rings. The third kappa shape index (κ3) is 3.69. The number of nitrogens with one attached hydrogen (secondary N) is 1. The van der Waals surface area contributed by atoms with Crippen molar-refractivity contribution in [2.24, 2.45) is 0 Å². The molecule has 0 bridgehead atoms. The fraction of sp³-hybridized carbons (Fsp3) is 0.688. The molecule has 0 radical (unpaired) electrons. The van der Waals surface area contributed by atoms with E-state index in [4.69, 9.17) is 4.74 Å². The number of carbonyl (C=O) groups is 2. The molecule has 3 rings (SSSR count). The van der Waals surface area contributed by atoms with Crippen LogP contribution in [-0.2, 0) is 29.2 Å². The maximum absolute atomic E-state index is 11.8. The zero-order valence-electron chi connectivity index (χ0n) is 14.3. The van der Waals surface area contributed by atoms with Crippen LogP contribution in [0.25, 0.3) is 0 Å². The van der Waals surface area contributed by atoms with E-state index in [1.165, 1.54) is 6.92 Å². The summed E-state index contributed by atoms with van der Waals surface area (Å²) < 4.78 is 7.11. The van der Waals surface area contributed by atoms with Crippen LogP contribution in [0.15, 0.2) is 6.07 Å². The maximum Gasteiger partial charge on any atom is 0.409 e. The zero-order valence-corrected chi connectivity index (χ0v) is 14.3. The van der Waals surface area contributed by atoms with Crippen LogP contribution in [0.5, 0.6) is 0 Å². The van der Waals surface area contributed by atoms with E-state index in [0.29, 0.717) is 19.2 Å². The Kier molecular flexibility index (Phi) is 5.03. The average molecular weight is 335 g/mol. The summed E-state index contributed by atoms with van der Waals surface area (Å²) in [6.07, 6.45) is 0.769. The van der Waals surface area contributed by atoms with Crippen LogP contribution in [0.3, 0.4) is 0 Å². The van der Waals surface area contributed by atoms with Crippen molar-refractivity contribution in [3.05, 3.63) is 17.5 Å². The van der Waals surface area contributed by atoms with Crippen molar-refractivity contribution in [2.45, 2.75) is 45.9 Å². The van der Waals surface area contributed by atoms with Crippen molar-refractivity contribution >= 4 is 12.0 Å². The molecule has 24 heavy (non-hydrogen) atoms. The molecule has 1 fully saturated rings. The molecule has 0 aliphatic carbocycles. The Morgan fingerprint density at radius 3 is 2.96 bits per heavy atom. The first kappa shape index (κ1) is 16.8. The van der Waals surface area contributed by atoms with E-state index in [1.807, 2.05) is 11.6 Å². The van der Waals surface area contributed by atoms with E-state index in [-0.39, 0.29) is 12.0 Å². The van der Waals surface area contributed by atoms with Crippen LogP contribution in [0.1, 0.15) is 31.7 Å². The van der Waals surface area contributed by atoms with Crippen molar-refractivity contribution in [3.63, 3.8) is 0 Å². The highest BCUT2D eigenvalue weighted by Crippen LogP contribution is 2.22. The summed E-state index contributed by atoms with van der Waals surface area (Å²) in [5.74, 6) is -0.0485. The van der Waals surface area contributed by atoms with E-state index in [2.05, 4.69) is 21.4 Å². The SMILES string of the molecule is CCOC(=O)N1CC[C@@H](N2CCn3nc(CNC(C)=O)cc3C2)C1. The Balaban J connectivity index is 1.57. The van der Waals surface area contributed by atoms with Gasteiger partial charge in [-0.1, -0.05) is 0 Å². The number of amides is 2. The van der Waals surface area contributed by atoms with Crippen LogP contribution in [-0.4, -0.2) is 63.9 Å². The Morgan fingerprint density at radius 2 is 2.21 bits per heavy atom. The van der Waals surface area contributed by atoms with Gasteiger partial charge in [0.05, 0.1) is 31.1 Å². The molecule has 8 heteroatoms. The van der Waals surface area contributed by atoms with Crippen molar-refractivity contribution < 1.29 is 14.3 Å². The molecule has 3 heterocycles. The number of ether oxygens (including phenoxy) is 1. The van der Waals surface area contributed by atoms with E-state index in [1.54, 1.807) is 4.90 Å². The normalized spacial score (nSPS) is 20.8. The van der Waals surface area contributed by atoms with Gasteiger partial charge >= 0.3 is 6.09 Å². The van der Waals surface area contributed by atoms with Crippen molar-refractivity contribution in [1.82, 2.24) is 24.9 Å². The molecule has 0 saturated carbocycles. The number of nitrogens with zero attached hydrogens (tertiary/aromatic N) is 4. The van der Waals surface area contributed by atoms with E-state index in [9.17, 15) is 9.59 Å². The molecule has 132 valence electrons. The number of hydrogen-bond donors (Lipinski definition) is 1. The molecule has 1 aromatic rings. The summed E-state index contributed by atoms with van der Waals surface area (Å²) >= 11 is 0. The van der Waals surface area contributed by atoms with Gasteiger partial charge in [0.1, 0.15) is 0 Å². The number of fused-ring (bicyclic) bond motifs is 1. The Hall–Kier alpha value is -2.09. The fourth-order valence-corrected chi connectivity index (χ4v) is 3.38. The lowest BCUT2D eigenvalue weighted by Gasteiger charge is -2.32. The molecule has 8 nitrogen and oxygen atoms in total. The van der Waals surface area contributed by atoms with Crippen LogP contribution < -0.4 is 5.32 Å². The molecule has 2 aliphatic heterocycles. The van der Waals surface area contributed by atoms with Gasteiger partial charge < -0.3 is 15.0 Å². The summed E-state index contributed by atoms with van der Waals surface area (Å²) in [4.78, 5) is 27.1. The largest absolute Gasteiger partial charge is 0.450 e. The van der Waals surface area contributed by atoms with Crippen LogP contribution in [0.4, 0.5) is 4.79 Å². The van der Waals surface area contributed by atoms with E-state index < -0.39 is 0 Å². The second-order valence-electron chi connectivity index (χ2n) is 6.32. The van der Waals surface area contributed by atoms with Gasteiger partial charge in [0.2, 0.25) is 5.91 Å². The highest BCUT2D eigenvalue weighted by atomic mass is 16.6. The monoisotopic (exact) mass is 335 g/mol. The van der Waals surface area contributed by atoms with Gasteiger partial charge in [0, 0.05) is 39.1 Å². The number of hydrogen-bond acceptors (Lipinski definition) is 5. The summed E-state index contributed by atoms with van der Waals surface area (Å²) in [5, 5.41) is 7.32. The van der Waals surface area contributed by atoms with Gasteiger partial charge in [-0.05, 0) is 19.4 Å². The number of rotatable bonds is 4. The zero-order chi connectivity index (χ0) is 17.1. The first-order chi connectivity index (χ1) is 11.6. The second-order valence-corrected chi connectivity index (χ2v) is 6.32. The maximum atomic E-state index is 11.8. The molecule has 0 spiro atoms. The average Bonchev–Trinajstić information content (AvgIpc) is 3.19. The van der Waals surface area contributed by atoms with Gasteiger partial charge in [-0.3, -0.25) is 14.4 Å². The Bertz CT molecular complexity index is 615. The molecule has 1 atom stereocenters. The van der Waals surface area contributed by atoms with Crippen LogP contribution >= 0.6 is 0 Å². The lowest BCUT2D eigenvalue weighted by molar-refractivity contribution is -0.119. The Labute approximate surface area is 141 Å². The highest BCUT2D eigenvalue weighted by molar-refractivity contribution is 5.72. The second kappa shape index (κ2) is 7.21. The minimum Gasteiger partial charge on any atom is -0.450 e.